The van der Waals surface area contributed by atoms with Crippen LogP contribution < -0.4 is 5.32 Å². The molecule has 1 atom stereocenters. The van der Waals surface area contributed by atoms with E-state index in [1.165, 1.54) is 13.2 Å². The van der Waals surface area contributed by atoms with E-state index in [0.717, 1.165) is 23.7 Å². The molecule has 1 saturated heterocycles. The van der Waals surface area contributed by atoms with E-state index < -0.39 is 5.82 Å². The van der Waals surface area contributed by atoms with Gasteiger partial charge < -0.3 is 14.2 Å². The number of hydrogen-bond acceptors (Lipinski definition) is 4. The third-order valence-corrected chi connectivity index (χ3v) is 6.09. The van der Waals surface area contributed by atoms with Crippen molar-refractivity contribution in [1.82, 2.24) is 14.8 Å². The Kier molecular flexibility index (Phi) is 6.89. The van der Waals surface area contributed by atoms with E-state index in [9.17, 15) is 14.0 Å². The van der Waals surface area contributed by atoms with Gasteiger partial charge in [-0.25, -0.2) is 4.39 Å². The Morgan fingerprint density at radius 2 is 2.03 bits per heavy atom. The Bertz CT molecular complexity index is 1150. The van der Waals surface area contributed by atoms with Crippen LogP contribution in [0.15, 0.2) is 48.7 Å². The monoisotopic (exact) mass is 457 g/mol. The summed E-state index contributed by atoms with van der Waals surface area (Å²) >= 11 is 5.87. The summed E-state index contributed by atoms with van der Waals surface area (Å²) in [6, 6.07) is 12.4. The van der Waals surface area contributed by atoms with Crippen molar-refractivity contribution in [2.24, 2.45) is 0 Å². The van der Waals surface area contributed by atoms with Gasteiger partial charge in [0.15, 0.2) is 5.78 Å². The van der Waals surface area contributed by atoms with Gasteiger partial charge in [-0.05, 0) is 25.0 Å². The van der Waals surface area contributed by atoms with Gasteiger partial charge in [-0.3, -0.25) is 14.9 Å². The zero-order valence-electron chi connectivity index (χ0n) is 17.8. The molecule has 168 valence electrons. The Morgan fingerprint density at radius 3 is 2.84 bits per heavy atom. The van der Waals surface area contributed by atoms with Crippen molar-refractivity contribution in [3.8, 4) is 0 Å². The number of halogens is 2. The summed E-state index contributed by atoms with van der Waals surface area (Å²) in [5.41, 5.74) is 1.84. The number of aromatic nitrogens is 1. The predicted octanol–water partition coefficient (Wildman–Crippen LogP) is 4.00. The van der Waals surface area contributed by atoms with E-state index in [0.29, 0.717) is 17.7 Å². The van der Waals surface area contributed by atoms with Gasteiger partial charge in [0.2, 0.25) is 5.91 Å². The van der Waals surface area contributed by atoms with Crippen molar-refractivity contribution in [3.63, 3.8) is 0 Å². The number of carbonyl (C=O) groups excluding carboxylic acids is 2. The molecule has 1 amide bonds. The number of likely N-dealkylation sites (tertiary alicyclic amines) is 1. The van der Waals surface area contributed by atoms with Crippen LogP contribution in [0.4, 0.5) is 4.39 Å². The van der Waals surface area contributed by atoms with Crippen molar-refractivity contribution >= 4 is 34.2 Å². The molecule has 1 aliphatic rings. The Balaban J connectivity index is 1.49. The highest BCUT2D eigenvalue weighted by Gasteiger charge is 2.29. The number of methoxy groups -OCH3 is 1. The number of nitrogens with zero attached hydrogens (tertiary/aromatic N) is 2. The van der Waals surface area contributed by atoms with Gasteiger partial charge in [0.05, 0.1) is 11.2 Å². The minimum atomic E-state index is -0.440. The highest BCUT2D eigenvalue weighted by atomic mass is 35.5. The predicted molar refractivity (Wildman–Crippen MR) is 121 cm³/mol. The van der Waals surface area contributed by atoms with Gasteiger partial charge in [-0.2, -0.15) is 0 Å². The first-order chi connectivity index (χ1) is 15.5. The first-order valence-electron chi connectivity index (χ1n) is 10.6. The number of nitrogens with one attached hydrogen (secondary N) is 1. The highest BCUT2D eigenvalue weighted by Crippen LogP contribution is 2.24. The van der Waals surface area contributed by atoms with Gasteiger partial charge in [0.1, 0.15) is 19.0 Å². The molecule has 8 heteroatoms. The van der Waals surface area contributed by atoms with Crippen LogP contribution in [-0.2, 0) is 22.6 Å². The molecular formula is C24H25ClFN3O3. The number of carbonyl (C=O) groups is 2. The molecule has 1 N–H and O–H groups in total. The van der Waals surface area contributed by atoms with Gasteiger partial charge in [0, 0.05) is 48.4 Å². The van der Waals surface area contributed by atoms with Gasteiger partial charge in [-0.1, -0.05) is 41.9 Å². The number of ether oxygens (including phenoxy) is 1. The number of fused-ring (bicyclic) bond motifs is 1. The number of ketones is 1. The van der Waals surface area contributed by atoms with E-state index in [1.807, 2.05) is 28.8 Å². The van der Waals surface area contributed by atoms with Gasteiger partial charge >= 0.3 is 0 Å². The van der Waals surface area contributed by atoms with Crippen LogP contribution in [0, 0.1) is 5.82 Å². The summed E-state index contributed by atoms with van der Waals surface area (Å²) in [7, 11) is 1.48. The smallest absolute Gasteiger partial charge is 0.243 e. The molecule has 2 aromatic carbocycles. The molecule has 2 heterocycles. The second kappa shape index (κ2) is 9.81. The third-order valence-electron chi connectivity index (χ3n) is 5.80. The number of benzene rings is 2. The van der Waals surface area contributed by atoms with Gasteiger partial charge in [-0.15, -0.1) is 0 Å². The van der Waals surface area contributed by atoms with Crippen molar-refractivity contribution in [3.05, 3.63) is 70.6 Å². The van der Waals surface area contributed by atoms with Crippen molar-refractivity contribution in [2.45, 2.75) is 32.1 Å². The first kappa shape index (κ1) is 22.5. The lowest BCUT2D eigenvalue weighted by Gasteiger charge is -2.26. The van der Waals surface area contributed by atoms with Crippen LogP contribution in [0.1, 0.15) is 28.8 Å². The Morgan fingerprint density at radius 1 is 1.22 bits per heavy atom. The van der Waals surface area contributed by atoms with E-state index >= 15 is 0 Å². The Hall–Kier alpha value is -2.74. The molecule has 0 aliphatic carbocycles. The number of Topliss-reactive ketones (excluding diaryl/α,β-unsaturated/α-hetero) is 1. The molecule has 1 aliphatic heterocycles. The maximum atomic E-state index is 14.2. The average molecular weight is 458 g/mol. The summed E-state index contributed by atoms with van der Waals surface area (Å²) in [6.45, 7) is 1.01. The molecular weight excluding hydrogens is 433 g/mol. The van der Waals surface area contributed by atoms with Crippen LogP contribution in [0.3, 0.4) is 0 Å². The van der Waals surface area contributed by atoms with Crippen molar-refractivity contribution in [2.75, 3.05) is 20.3 Å². The largest absolute Gasteiger partial charge is 0.377 e. The topological polar surface area (TPSA) is 63.6 Å². The summed E-state index contributed by atoms with van der Waals surface area (Å²) < 4.78 is 21.0. The summed E-state index contributed by atoms with van der Waals surface area (Å²) in [4.78, 5) is 27.4. The fourth-order valence-electron chi connectivity index (χ4n) is 4.24. The minimum Gasteiger partial charge on any atom is -0.377 e. The van der Waals surface area contributed by atoms with Crippen LogP contribution >= 0.6 is 11.6 Å². The highest BCUT2D eigenvalue weighted by molar-refractivity contribution is 6.30. The number of para-hydroxylation sites is 1. The Labute approximate surface area is 190 Å². The van der Waals surface area contributed by atoms with E-state index in [4.69, 9.17) is 16.3 Å². The molecule has 32 heavy (non-hydrogen) atoms. The quantitative estimate of drug-likeness (QED) is 0.519. The van der Waals surface area contributed by atoms with Gasteiger partial charge in [0.25, 0.3) is 0 Å². The molecule has 1 unspecified atom stereocenters. The normalized spacial score (nSPS) is 16.1. The zero-order chi connectivity index (χ0) is 22.7. The number of hydrogen-bond donors (Lipinski definition) is 1. The molecule has 0 bridgehead atoms. The average Bonchev–Trinajstić information content (AvgIpc) is 3.40. The van der Waals surface area contributed by atoms with E-state index in [1.54, 1.807) is 23.2 Å². The van der Waals surface area contributed by atoms with Crippen LogP contribution in [0.25, 0.3) is 10.9 Å². The molecule has 0 spiro atoms. The van der Waals surface area contributed by atoms with Crippen LogP contribution in [0.5, 0.6) is 0 Å². The lowest BCUT2D eigenvalue weighted by molar-refractivity contribution is -0.133. The number of amides is 1. The summed E-state index contributed by atoms with van der Waals surface area (Å²) in [5.74, 6) is -0.623. The van der Waals surface area contributed by atoms with Crippen molar-refractivity contribution < 1.29 is 18.7 Å². The summed E-state index contributed by atoms with van der Waals surface area (Å²) in [5, 5.41) is 4.17. The maximum Gasteiger partial charge on any atom is 0.243 e. The lowest BCUT2D eigenvalue weighted by atomic mass is 10.1. The molecule has 1 fully saturated rings. The van der Waals surface area contributed by atoms with E-state index in [2.05, 4.69) is 5.32 Å². The van der Waals surface area contributed by atoms with E-state index in [-0.39, 0.29) is 42.6 Å². The van der Waals surface area contributed by atoms with Crippen LogP contribution in [0.2, 0.25) is 5.02 Å². The van der Waals surface area contributed by atoms with Crippen molar-refractivity contribution in [1.29, 1.82) is 0 Å². The standard InChI is InChI=1S/C24H25ClFN3O3/c1-32-15-21(30)18-13-28(20-9-3-2-7-17(18)20)14-23(31)29-11-5-10-22(29)27-12-16-6-4-8-19(25)24(16)26/h2-4,6-9,13,22,27H,5,10-12,14-15H2,1H3. The molecule has 4 rings (SSSR count). The molecule has 6 nitrogen and oxygen atoms in total. The SMILES string of the molecule is COCC(=O)c1cn(CC(=O)N2CCCC2NCc2cccc(Cl)c2F)c2ccccc12. The third kappa shape index (κ3) is 4.55. The zero-order valence-corrected chi connectivity index (χ0v) is 18.6. The second-order valence-corrected chi connectivity index (χ2v) is 8.29. The minimum absolute atomic E-state index is 0.0138. The second-order valence-electron chi connectivity index (χ2n) is 7.88. The fourth-order valence-corrected chi connectivity index (χ4v) is 4.43. The summed E-state index contributed by atoms with van der Waals surface area (Å²) in [6.07, 6.45) is 3.20. The molecule has 0 saturated carbocycles. The molecule has 3 aromatic rings. The first-order valence-corrected chi connectivity index (χ1v) is 10.9. The maximum absolute atomic E-state index is 14.2. The fraction of sp³-hybridized carbons (Fsp3) is 0.333. The van der Waals surface area contributed by atoms with Crippen LogP contribution in [-0.4, -0.2) is 47.6 Å². The lowest BCUT2D eigenvalue weighted by Crippen LogP contribution is -2.45. The number of rotatable bonds is 8. The molecule has 0 radical (unpaired) electrons. The molecule has 1 aromatic heterocycles.